The highest BCUT2D eigenvalue weighted by molar-refractivity contribution is 5.86. The second kappa shape index (κ2) is 6.31. The van der Waals surface area contributed by atoms with Crippen LogP contribution in [0.15, 0.2) is 28.8 Å². The van der Waals surface area contributed by atoms with Crippen LogP contribution in [0.2, 0.25) is 0 Å². The number of carbonyl (C=O) groups excluding carboxylic acids is 1. The maximum atomic E-state index is 12.1. The average Bonchev–Trinajstić information content (AvgIpc) is 2.82. The molecule has 2 aromatic rings. The average molecular weight is 264 g/mol. The topological polar surface area (TPSA) is 86.8 Å². The molecular weight excluding hydrogens is 248 g/mol. The zero-order valence-electron chi connectivity index (χ0n) is 10.5. The van der Waals surface area contributed by atoms with Crippen molar-refractivity contribution in [3.05, 3.63) is 30.0 Å². The van der Waals surface area contributed by atoms with Gasteiger partial charge in [0.15, 0.2) is 5.58 Å². The largest absolute Gasteiger partial charge is 0.395 e. The van der Waals surface area contributed by atoms with Gasteiger partial charge in [-0.25, -0.2) is 0 Å². The Hall–Kier alpha value is -1.92. The van der Waals surface area contributed by atoms with Crippen molar-refractivity contribution in [2.24, 2.45) is 0 Å². The lowest BCUT2D eigenvalue weighted by Crippen LogP contribution is -2.36. The van der Waals surface area contributed by atoms with Crippen LogP contribution in [-0.2, 0) is 11.2 Å². The third-order valence-corrected chi connectivity index (χ3v) is 2.86. The number of benzene rings is 1. The van der Waals surface area contributed by atoms with Crippen molar-refractivity contribution in [1.29, 1.82) is 0 Å². The summed E-state index contributed by atoms with van der Waals surface area (Å²) in [6.07, 6.45) is 0.0943. The first kappa shape index (κ1) is 13.5. The summed E-state index contributed by atoms with van der Waals surface area (Å²) >= 11 is 0. The zero-order chi connectivity index (χ0) is 13.7. The van der Waals surface area contributed by atoms with E-state index in [0.717, 1.165) is 5.39 Å². The molecule has 0 atom stereocenters. The Bertz CT molecular complexity index is 546. The summed E-state index contributed by atoms with van der Waals surface area (Å²) in [6.45, 7) is 0.140. The molecule has 0 aliphatic carbocycles. The van der Waals surface area contributed by atoms with Gasteiger partial charge in [-0.15, -0.1) is 0 Å². The summed E-state index contributed by atoms with van der Waals surface area (Å²) in [5, 5.41) is 22.5. The fraction of sp³-hybridized carbons (Fsp3) is 0.385. The highest BCUT2D eigenvalue weighted by Crippen LogP contribution is 2.18. The van der Waals surface area contributed by atoms with Crippen molar-refractivity contribution >= 4 is 16.9 Å². The highest BCUT2D eigenvalue weighted by Gasteiger charge is 2.17. The molecular formula is C13H16N2O4. The molecule has 0 fully saturated rings. The Morgan fingerprint density at radius 1 is 1.21 bits per heavy atom. The summed E-state index contributed by atoms with van der Waals surface area (Å²) in [5.41, 5.74) is 1.21. The van der Waals surface area contributed by atoms with Crippen LogP contribution < -0.4 is 0 Å². The van der Waals surface area contributed by atoms with Gasteiger partial charge < -0.3 is 19.6 Å². The van der Waals surface area contributed by atoms with Gasteiger partial charge >= 0.3 is 0 Å². The number of rotatable bonds is 6. The quantitative estimate of drug-likeness (QED) is 0.777. The Morgan fingerprint density at radius 2 is 1.89 bits per heavy atom. The monoisotopic (exact) mass is 264 g/mol. The van der Waals surface area contributed by atoms with Gasteiger partial charge in [0, 0.05) is 18.5 Å². The molecule has 0 aliphatic rings. The first-order valence-electron chi connectivity index (χ1n) is 6.09. The minimum Gasteiger partial charge on any atom is -0.395 e. The van der Waals surface area contributed by atoms with E-state index in [0.29, 0.717) is 11.3 Å². The first-order chi connectivity index (χ1) is 9.26. The Morgan fingerprint density at radius 3 is 2.58 bits per heavy atom. The molecule has 6 nitrogen and oxygen atoms in total. The third kappa shape index (κ3) is 3.10. The van der Waals surface area contributed by atoms with Crippen LogP contribution in [0.5, 0.6) is 0 Å². The predicted octanol–water partition coefficient (Wildman–Crippen LogP) is 0.184. The smallest absolute Gasteiger partial charge is 0.228 e. The zero-order valence-corrected chi connectivity index (χ0v) is 10.5. The van der Waals surface area contributed by atoms with Crippen LogP contribution in [0, 0.1) is 0 Å². The van der Waals surface area contributed by atoms with E-state index in [-0.39, 0.29) is 38.6 Å². The van der Waals surface area contributed by atoms with Crippen molar-refractivity contribution in [2.75, 3.05) is 26.3 Å². The molecule has 0 unspecified atom stereocenters. The van der Waals surface area contributed by atoms with Gasteiger partial charge in [0.1, 0.15) is 5.69 Å². The predicted molar refractivity (Wildman–Crippen MR) is 68.5 cm³/mol. The molecule has 0 saturated carbocycles. The van der Waals surface area contributed by atoms with Gasteiger partial charge in [-0.1, -0.05) is 17.3 Å². The molecule has 0 spiro atoms. The summed E-state index contributed by atoms with van der Waals surface area (Å²) in [4.78, 5) is 13.5. The van der Waals surface area contributed by atoms with Crippen LogP contribution >= 0.6 is 0 Å². The van der Waals surface area contributed by atoms with E-state index in [1.54, 1.807) is 6.07 Å². The molecule has 0 radical (unpaired) electrons. The van der Waals surface area contributed by atoms with E-state index >= 15 is 0 Å². The van der Waals surface area contributed by atoms with Gasteiger partial charge in [-0.2, -0.15) is 0 Å². The number of aliphatic hydroxyl groups is 2. The molecule has 6 heteroatoms. The molecule has 1 aromatic carbocycles. The fourth-order valence-electron chi connectivity index (χ4n) is 1.92. The molecule has 1 heterocycles. The molecule has 0 aliphatic heterocycles. The molecule has 0 saturated heterocycles. The lowest BCUT2D eigenvalue weighted by atomic mass is 10.1. The lowest BCUT2D eigenvalue weighted by Gasteiger charge is -2.19. The van der Waals surface area contributed by atoms with Crippen LogP contribution in [0.25, 0.3) is 11.0 Å². The maximum absolute atomic E-state index is 12.1. The summed E-state index contributed by atoms with van der Waals surface area (Å²) in [5.74, 6) is -0.192. The maximum Gasteiger partial charge on any atom is 0.228 e. The van der Waals surface area contributed by atoms with E-state index in [4.69, 9.17) is 14.7 Å². The summed E-state index contributed by atoms with van der Waals surface area (Å²) in [7, 11) is 0. The molecule has 19 heavy (non-hydrogen) atoms. The van der Waals surface area contributed by atoms with Crippen LogP contribution in [0.4, 0.5) is 0 Å². The number of hydrogen-bond donors (Lipinski definition) is 2. The van der Waals surface area contributed by atoms with Crippen molar-refractivity contribution in [3.63, 3.8) is 0 Å². The number of fused-ring (bicyclic) bond motifs is 1. The van der Waals surface area contributed by atoms with E-state index < -0.39 is 0 Å². The van der Waals surface area contributed by atoms with Gasteiger partial charge in [-0.3, -0.25) is 4.79 Å². The van der Waals surface area contributed by atoms with E-state index in [1.807, 2.05) is 18.2 Å². The van der Waals surface area contributed by atoms with Crippen LogP contribution in [0.3, 0.4) is 0 Å². The second-order valence-electron chi connectivity index (χ2n) is 4.13. The van der Waals surface area contributed by atoms with Gasteiger partial charge in [0.05, 0.1) is 19.6 Å². The first-order valence-corrected chi connectivity index (χ1v) is 6.09. The van der Waals surface area contributed by atoms with Crippen molar-refractivity contribution in [3.8, 4) is 0 Å². The second-order valence-corrected chi connectivity index (χ2v) is 4.13. The number of nitrogens with zero attached hydrogens (tertiary/aromatic N) is 2. The fourth-order valence-corrected chi connectivity index (χ4v) is 1.92. The molecule has 1 aromatic heterocycles. The lowest BCUT2D eigenvalue weighted by molar-refractivity contribution is -0.131. The Balaban J connectivity index is 2.13. The van der Waals surface area contributed by atoms with Gasteiger partial charge in [0.25, 0.3) is 0 Å². The number of aromatic nitrogens is 1. The van der Waals surface area contributed by atoms with Crippen LogP contribution in [-0.4, -0.2) is 52.5 Å². The molecule has 0 bridgehead atoms. The van der Waals surface area contributed by atoms with Gasteiger partial charge in [0.2, 0.25) is 5.91 Å². The van der Waals surface area contributed by atoms with Gasteiger partial charge in [-0.05, 0) is 12.1 Å². The molecule has 102 valence electrons. The van der Waals surface area contributed by atoms with E-state index in [2.05, 4.69) is 5.16 Å². The summed E-state index contributed by atoms with van der Waals surface area (Å²) < 4.78 is 5.13. The van der Waals surface area contributed by atoms with Crippen molar-refractivity contribution in [2.45, 2.75) is 6.42 Å². The minimum atomic E-state index is -0.192. The minimum absolute atomic E-state index is 0.0943. The summed E-state index contributed by atoms with van der Waals surface area (Å²) in [6, 6.07) is 7.32. The number of carbonyl (C=O) groups is 1. The molecule has 2 N–H and O–H groups in total. The number of hydrogen-bond acceptors (Lipinski definition) is 5. The van der Waals surface area contributed by atoms with Crippen molar-refractivity contribution < 1.29 is 19.5 Å². The third-order valence-electron chi connectivity index (χ3n) is 2.86. The SMILES string of the molecule is O=C(Cc1noc2ccccc12)N(CCO)CCO. The Labute approximate surface area is 110 Å². The number of amides is 1. The molecule has 1 amide bonds. The van der Waals surface area contributed by atoms with Crippen molar-refractivity contribution in [1.82, 2.24) is 10.1 Å². The number of para-hydroxylation sites is 1. The van der Waals surface area contributed by atoms with E-state index in [9.17, 15) is 4.79 Å². The molecule has 2 rings (SSSR count). The normalized spacial score (nSPS) is 10.8. The van der Waals surface area contributed by atoms with Crippen LogP contribution in [0.1, 0.15) is 5.69 Å². The number of aliphatic hydroxyl groups excluding tert-OH is 2. The highest BCUT2D eigenvalue weighted by atomic mass is 16.5. The standard InChI is InChI=1S/C13H16N2O4/c16-7-5-15(6-8-17)13(18)9-11-10-3-1-2-4-12(10)19-14-11/h1-4,16-17H,5-9H2. The van der Waals surface area contributed by atoms with E-state index in [1.165, 1.54) is 4.90 Å². The Kier molecular flexibility index (Phi) is 4.48.